The third-order valence-corrected chi connectivity index (χ3v) is 3.97. The van der Waals surface area contributed by atoms with Crippen LogP contribution in [0.4, 0.5) is 0 Å². The fourth-order valence-corrected chi connectivity index (χ4v) is 2.80. The Morgan fingerprint density at radius 1 is 1.35 bits per heavy atom. The van der Waals surface area contributed by atoms with Crippen LogP contribution in [0, 0.1) is 0 Å². The Hall–Kier alpha value is -1.40. The summed E-state index contributed by atoms with van der Waals surface area (Å²) in [6.07, 6.45) is 4.55. The first-order chi connectivity index (χ1) is 9.81. The number of nitrogens with zero attached hydrogens (tertiary/aromatic N) is 2. The van der Waals surface area contributed by atoms with E-state index in [2.05, 4.69) is 15.4 Å². The monoisotopic (exact) mass is 279 g/mol. The van der Waals surface area contributed by atoms with Crippen LogP contribution in [-0.2, 0) is 11.3 Å². The summed E-state index contributed by atoms with van der Waals surface area (Å²) in [5.74, 6) is 0.623. The molecule has 0 radical (unpaired) electrons. The highest BCUT2D eigenvalue weighted by atomic mass is 16.5. The summed E-state index contributed by atoms with van der Waals surface area (Å²) < 4.78 is 10.6. The summed E-state index contributed by atoms with van der Waals surface area (Å²) >= 11 is 0. The molecule has 1 aromatic heterocycles. The van der Waals surface area contributed by atoms with E-state index in [0.29, 0.717) is 18.3 Å². The van der Waals surface area contributed by atoms with E-state index in [-0.39, 0.29) is 5.91 Å². The topological polar surface area (TPSA) is 67.6 Å². The fraction of sp³-hybridized carbons (Fsp3) is 0.714. The summed E-state index contributed by atoms with van der Waals surface area (Å²) in [4.78, 5) is 14.3. The Bertz CT molecular complexity index is 448. The Morgan fingerprint density at radius 3 is 2.85 bits per heavy atom. The molecule has 0 spiro atoms. The maximum atomic E-state index is 12.0. The fourth-order valence-electron chi connectivity index (χ4n) is 2.80. The van der Waals surface area contributed by atoms with Crippen LogP contribution < -0.4 is 5.32 Å². The smallest absolute Gasteiger partial charge is 0.273 e. The second-order valence-electron chi connectivity index (χ2n) is 5.52. The summed E-state index contributed by atoms with van der Waals surface area (Å²) in [5.41, 5.74) is 0.389. The summed E-state index contributed by atoms with van der Waals surface area (Å²) in [5, 5.41) is 6.90. The van der Waals surface area contributed by atoms with Gasteiger partial charge in [-0.15, -0.1) is 0 Å². The lowest BCUT2D eigenvalue weighted by atomic mass is 10.2. The van der Waals surface area contributed by atoms with Crippen LogP contribution in [0.25, 0.3) is 0 Å². The average Bonchev–Trinajstić information content (AvgIpc) is 3.11. The maximum absolute atomic E-state index is 12.0. The second kappa shape index (κ2) is 6.37. The van der Waals surface area contributed by atoms with Crippen molar-refractivity contribution in [3.05, 3.63) is 17.5 Å². The Kier molecular flexibility index (Phi) is 4.32. The first-order valence-electron chi connectivity index (χ1n) is 7.38. The average molecular weight is 279 g/mol. The molecule has 20 heavy (non-hydrogen) atoms. The largest absolute Gasteiger partial charge is 0.379 e. The van der Waals surface area contributed by atoms with E-state index in [1.807, 2.05) is 0 Å². The predicted molar refractivity (Wildman–Crippen MR) is 72.3 cm³/mol. The van der Waals surface area contributed by atoms with Gasteiger partial charge in [-0.2, -0.15) is 0 Å². The van der Waals surface area contributed by atoms with Gasteiger partial charge in [-0.25, -0.2) is 0 Å². The van der Waals surface area contributed by atoms with Crippen molar-refractivity contribution < 1.29 is 14.1 Å². The summed E-state index contributed by atoms with van der Waals surface area (Å²) in [6, 6.07) is 2.06. The van der Waals surface area contributed by atoms with Gasteiger partial charge in [0.25, 0.3) is 5.91 Å². The highest BCUT2D eigenvalue weighted by molar-refractivity contribution is 5.92. The molecule has 1 aliphatic carbocycles. The molecule has 2 fully saturated rings. The van der Waals surface area contributed by atoms with Gasteiger partial charge in [0, 0.05) is 25.2 Å². The minimum atomic E-state index is -0.117. The molecule has 110 valence electrons. The Labute approximate surface area is 118 Å². The molecule has 2 heterocycles. The number of aromatic nitrogens is 1. The van der Waals surface area contributed by atoms with Crippen molar-refractivity contribution in [3.63, 3.8) is 0 Å². The minimum Gasteiger partial charge on any atom is -0.379 e. The van der Waals surface area contributed by atoms with E-state index in [4.69, 9.17) is 9.26 Å². The van der Waals surface area contributed by atoms with Crippen molar-refractivity contribution in [3.8, 4) is 0 Å². The van der Waals surface area contributed by atoms with Crippen LogP contribution in [-0.4, -0.2) is 48.3 Å². The molecule has 6 nitrogen and oxygen atoms in total. The zero-order valence-corrected chi connectivity index (χ0v) is 11.6. The van der Waals surface area contributed by atoms with Crippen molar-refractivity contribution in [1.82, 2.24) is 15.4 Å². The molecular formula is C14H21N3O3. The molecule has 1 saturated carbocycles. The lowest BCUT2D eigenvalue weighted by molar-refractivity contribution is 0.0305. The molecule has 0 bridgehead atoms. The van der Waals surface area contributed by atoms with E-state index in [0.717, 1.165) is 44.9 Å². The van der Waals surface area contributed by atoms with Crippen LogP contribution in [0.5, 0.6) is 0 Å². The molecule has 3 rings (SSSR count). The van der Waals surface area contributed by atoms with E-state index in [9.17, 15) is 4.79 Å². The van der Waals surface area contributed by atoms with Crippen LogP contribution in [0.3, 0.4) is 0 Å². The van der Waals surface area contributed by atoms with E-state index in [1.54, 1.807) is 6.07 Å². The minimum absolute atomic E-state index is 0.117. The lowest BCUT2D eigenvalue weighted by Crippen LogP contribution is -2.35. The SMILES string of the molecule is O=C(NC1CCCC1)c1cc(CN2CCOCC2)on1. The first-order valence-corrected chi connectivity index (χ1v) is 7.38. The van der Waals surface area contributed by atoms with Gasteiger partial charge >= 0.3 is 0 Å². The molecule has 0 aromatic carbocycles. The number of hydrogen-bond acceptors (Lipinski definition) is 5. The molecule has 1 saturated heterocycles. The van der Waals surface area contributed by atoms with Crippen LogP contribution >= 0.6 is 0 Å². The number of nitrogens with one attached hydrogen (secondary N) is 1. The van der Waals surface area contributed by atoms with Crippen molar-refractivity contribution in [2.24, 2.45) is 0 Å². The number of carbonyl (C=O) groups is 1. The quantitative estimate of drug-likeness (QED) is 0.896. The van der Waals surface area contributed by atoms with Crippen molar-refractivity contribution in [1.29, 1.82) is 0 Å². The molecular weight excluding hydrogens is 258 g/mol. The summed E-state index contributed by atoms with van der Waals surface area (Å²) in [6.45, 7) is 3.98. The second-order valence-corrected chi connectivity index (χ2v) is 5.52. The van der Waals surface area contributed by atoms with Crippen LogP contribution in [0.2, 0.25) is 0 Å². The molecule has 1 aliphatic heterocycles. The van der Waals surface area contributed by atoms with Crippen LogP contribution in [0.1, 0.15) is 41.9 Å². The van der Waals surface area contributed by atoms with E-state index in [1.165, 1.54) is 12.8 Å². The molecule has 6 heteroatoms. The van der Waals surface area contributed by atoms with Gasteiger partial charge in [-0.3, -0.25) is 9.69 Å². The highest BCUT2D eigenvalue weighted by Crippen LogP contribution is 2.18. The summed E-state index contributed by atoms with van der Waals surface area (Å²) in [7, 11) is 0. The van der Waals surface area contributed by atoms with Gasteiger partial charge in [0.15, 0.2) is 11.5 Å². The van der Waals surface area contributed by atoms with Gasteiger partial charge in [-0.1, -0.05) is 18.0 Å². The molecule has 1 amide bonds. The standard InChI is InChI=1S/C14H21N3O3/c18-14(15-11-3-1-2-4-11)13-9-12(20-16-13)10-17-5-7-19-8-6-17/h9,11H,1-8,10H2,(H,15,18). The molecule has 0 unspecified atom stereocenters. The molecule has 0 atom stereocenters. The highest BCUT2D eigenvalue weighted by Gasteiger charge is 2.21. The Morgan fingerprint density at radius 2 is 2.10 bits per heavy atom. The number of hydrogen-bond donors (Lipinski definition) is 1. The molecule has 2 aliphatic rings. The predicted octanol–water partition coefficient (Wildman–Crippen LogP) is 1.18. The van der Waals surface area contributed by atoms with Gasteiger partial charge < -0.3 is 14.6 Å². The number of morpholine rings is 1. The van der Waals surface area contributed by atoms with Gasteiger partial charge in [0.05, 0.1) is 19.8 Å². The lowest BCUT2D eigenvalue weighted by Gasteiger charge is -2.25. The van der Waals surface area contributed by atoms with E-state index < -0.39 is 0 Å². The van der Waals surface area contributed by atoms with Crippen molar-refractivity contribution in [2.45, 2.75) is 38.3 Å². The number of ether oxygens (including phenoxy) is 1. The molecule has 1 aromatic rings. The van der Waals surface area contributed by atoms with Crippen molar-refractivity contribution in [2.75, 3.05) is 26.3 Å². The zero-order valence-electron chi connectivity index (χ0n) is 11.6. The first kappa shape index (κ1) is 13.6. The van der Waals surface area contributed by atoms with Gasteiger partial charge in [-0.05, 0) is 12.8 Å². The zero-order chi connectivity index (χ0) is 13.8. The molecule has 1 N–H and O–H groups in total. The third-order valence-electron chi connectivity index (χ3n) is 3.97. The van der Waals surface area contributed by atoms with E-state index >= 15 is 0 Å². The number of rotatable bonds is 4. The van der Waals surface area contributed by atoms with Crippen molar-refractivity contribution >= 4 is 5.91 Å². The third kappa shape index (κ3) is 3.37. The number of amides is 1. The number of carbonyl (C=O) groups excluding carboxylic acids is 1. The normalized spacial score (nSPS) is 21.2. The Balaban J connectivity index is 1.53. The maximum Gasteiger partial charge on any atom is 0.273 e. The van der Waals surface area contributed by atoms with Gasteiger partial charge in [0.1, 0.15) is 0 Å². The van der Waals surface area contributed by atoms with Crippen LogP contribution in [0.15, 0.2) is 10.6 Å². The van der Waals surface area contributed by atoms with Gasteiger partial charge in [0.2, 0.25) is 0 Å².